The van der Waals surface area contributed by atoms with Crippen molar-refractivity contribution < 1.29 is 8.42 Å². The third kappa shape index (κ3) is 2.17. The summed E-state index contributed by atoms with van der Waals surface area (Å²) in [5.74, 6) is 0. The highest BCUT2D eigenvalue weighted by Crippen LogP contribution is 2.11. The molecule has 0 aliphatic heterocycles. The molecule has 0 spiro atoms. The first-order valence-corrected chi connectivity index (χ1v) is 5.00. The van der Waals surface area contributed by atoms with Crippen molar-refractivity contribution in [2.45, 2.75) is 4.90 Å². The highest BCUT2D eigenvalue weighted by molar-refractivity contribution is 7.90. The number of sulfone groups is 1. The Labute approximate surface area is 69.9 Å². The van der Waals surface area contributed by atoms with E-state index >= 15 is 0 Å². The van der Waals surface area contributed by atoms with E-state index in [-0.39, 0.29) is 10.0 Å². The average Bonchev–Trinajstić information content (AvgIpc) is 1.86. The van der Waals surface area contributed by atoms with E-state index in [9.17, 15) is 8.42 Å². The third-order valence-corrected chi connectivity index (χ3v) is 2.29. The van der Waals surface area contributed by atoms with Crippen molar-refractivity contribution in [3.63, 3.8) is 0 Å². The van der Waals surface area contributed by atoms with E-state index < -0.39 is 9.84 Å². The maximum atomic E-state index is 10.9. The summed E-state index contributed by atoms with van der Waals surface area (Å²) >= 11 is 5.46. The Morgan fingerprint density at radius 2 is 2.27 bits per heavy atom. The molecule has 1 aromatic heterocycles. The van der Waals surface area contributed by atoms with Crippen LogP contribution in [0.15, 0.2) is 17.2 Å². The second kappa shape index (κ2) is 2.79. The molecule has 11 heavy (non-hydrogen) atoms. The number of hydrogen-bond donors (Lipinski definition) is 0. The lowest BCUT2D eigenvalue weighted by Gasteiger charge is -1.95. The van der Waals surface area contributed by atoms with Crippen LogP contribution < -0.4 is 0 Å². The van der Waals surface area contributed by atoms with Gasteiger partial charge in [-0.3, -0.25) is 0 Å². The van der Waals surface area contributed by atoms with Gasteiger partial charge in [0.05, 0.1) is 4.90 Å². The number of aromatic nitrogens is 1. The van der Waals surface area contributed by atoms with Gasteiger partial charge in [-0.25, -0.2) is 13.4 Å². The average molecular weight is 191 g/mol. The first-order valence-electron chi connectivity index (χ1n) is 2.73. The number of nitrogens with zero attached hydrogens (tertiary/aromatic N) is 1. The predicted octanol–water partition coefficient (Wildman–Crippen LogP) is 0.939. The van der Waals surface area contributed by atoms with Crippen molar-refractivity contribution in [3.05, 3.63) is 23.5 Å². The van der Waals surface area contributed by atoms with Gasteiger partial charge in [0, 0.05) is 18.5 Å². The van der Waals surface area contributed by atoms with Crippen LogP contribution >= 0.6 is 11.6 Å². The summed E-state index contributed by atoms with van der Waals surface area (Å²) in [6.07, 6.45) is 2.33. The molecule has 0 bridgehead atoms. The zero-order valence-electron chi connectivity index (χ0n) is 5.70. The minimum atomic E-state index is -3.21. The zero-order chi connectivity index (χ0) is 8.48. The molecular weight excluding hydrogens is 186 g/mol. The van der Waals surface area contributed by atoms with Crippen molar-refractivity contribution in [1.82, 2.24) is 4.98 Å². The molecule has 5 heteroatoms. The molecule has 0 N–H and O–H groups in total. The number of pyridine rings is 1. The molecule has 0 atom stereocenters. The lowest BCUT2D eigenvalue weighted by atomic mass is 10.5. The fourth-order valence-electron chi connectivity index (χ4n) is 0.559. The fourth-order valence-corrected chi connectivity index (χ4v) is 1.37. The molecule has 0 unspecified atom stereocenters. The molecule has 0 fully saturated rings. The smallest absolute Gasteiger partial charge is 0.176 e. The summed E-state index contributed by atoms with van der Waals surface area (Å²) in [7, 11) is -3.21. The first-order chi connectivity index (χ1) is 5.00. The highest BCUT2D eigenvalue weighted by atomic mass is 35.5. The van der Waals surface area contributed by atoms with Gasteiger partial charge in [-0.05, 0) is 6.07 Å². The Morgan fingerprint density at radius 3 is 2.64 bits per heavy atom. The van der Waals surface area contributed by atoms with Crippen LogP contribution in [0.3, 0.4) is 0 Å². The van der Waals surface area contributed by atoms with Gasteiger partial charge >= 0.3 is 0 Å². The minimum Gasteiger partial charge on any atom is -0.244 e. The van der Waals surface area contributed by atoms with Gasteiger partial charge < -0.3 is 0 Å². The van der Waals surface area contributed by atoms with E-state index in [4.69, 9.17) is 11.6 Å². The van der Waals surface area contributed by atoms with Gasteiger partial charge in [0.25, 0.3) is 0 Å². The lowest BCUT2D eigenvalue weighted by Crippen LogP contribution is -1.97. The highest BCUT2D eigenvalue weighted by Gasteiger charge is 2.06. The van der Waals surface area contributed by atoms with Crippen molar-refractivity contribution in [2.75, 3.05) is 6.26 Å². The maximum Gasteiger partial charge on any atom is 0.176 e. The van der Waals surface area contributed by atoms with Gasteiger partial charge in [-0.2, -0.15) is 0 Å². The van der Waals surface area contributed by atoms with Crippen molar-refractivity contribution in [2.24, 2.45) is 0 Å². The van der Waals surface area contributed by atoms with Crippen LogP contribution in [0.25, 0.3) is 0 Å². The summed E-state index contributed by atoms with van der Waals surface area (Å²) < 4.78 is 21.7. The van der Waals surface area contributed by atoms with E-state index in [0.717, 1.165) is 6.26 Å². The quantitative estimate of drug-likeness (QED) is 0.620. The van der Waals surface area contributed by atoms with E-state index in [2.05, 4.69) is 11.1 Å². The van der Waals surface area contributed by atoms with Crippen molar-refractivity contribution in [3.8, 4) is 0 Å². The molecule has 1 radical (unpaired) electrons. The topological polar surface area (TPSA) is 47.0 Å². The summed E-state index contributed by atoms with van der Waals surface area (Å²) in [5, 5.41) is 0.157. The molecule has 0 amide bonds. The van der Waals surface area contributed by atoms with Crippen LogP contribution in [0.1, 0.15) is 0 Å². The molecule has 1 rings (SSSR count). The largest absolute Gasteiger partial charge is 0.244 e. The second-order valence-corrected chi connectivity index (χ2v) is 4.38. The van der Waals surface area contributed by atoms with Crippen LogP contribution in [0.2, 0.25) is 5.15 Å². The second-order valence-electron chi connectivity index (χ2n) is 2.01. The Balaban J connectivity index is 3.28. The lowest BCUT2D eigenvalue weighted by molar-refractivity contribution is 0.601. The Morgan fingerprint density at radius 1 is 1.64 bits per heavy atom. The zero-order valence-corrected chi connectivity index (χ0v) is 7.28. The van der Waals surface area contributed by atoms with Crippen LogP contribution in [0.5, 0.6) is 0 Å². The molecule has 0 aromatic carbocycles. The SMILES string of the molecule is CS(=O)(=O)c1[c]cnc(Cl)c1. The van der Waals surface area contributed by atoms with Gasteiger partial charge in [-0.15, -0.1) is 0 Å². The number of rotatable bonds is 1. The number of halogens is 1. The summed E-state index contributed by atoms with van der Waals surface area (Å²) in [5.41, 5.74) is 0. The van der Waals surface area contributed by atoms with Gasteiger partial charge in [0.15, 0.2) is 9.84 Å². The Kier molecular flexibility index (Phi) is 2.15. The standard InChI is InChI=1S/C6H5ClNO2S/c1-11(9,10)5-2-3-8-6(7)4-5/h3-4H,1H3. The maximum absolute atomic E-state index is 10.9. The molecule has 0 saturated heterocycles. The summed E-state index contributed by atoms with van der Waals surface area (Å²) in [6, 6.07) is 3.73. The summed E-state index contributed by atoms with van der Waals surface area (Å²) in [4.78, 5) is 3.67. The van der Waals surface area contributed by atoms with Crippen LogP contribution in [-0.4, -0.2) is 19.7 Å². The van der Waals surface area contributed by atoms with Crippen LogP contribution in [0.4, 0.5) is 0 Å². The van der Waals surface area contributed by atoms with E-state index in [1.807, 2.05) is 0 Å². The molecule has 0 aliphatic carbocycles. The monoisotopic (exact) mass is 190 g/mol. The van der Waals surface area contributed by atoms with E-state index in [1.54, 1.807) is 0 Å². The molecule has 3 nitrogen and oxygen atoms in total. The van der Waals surface area contributed by atoms with Crippen LogP contribution in [-0.2, 0) is 9.84 Å². The third-order valence-electron chi connectivity index (χ3n) is 1.04. The normalized spacial score (nSPS) is 11.5. The fraction of sp³-hybridized carbons (Fsp3) is 0.167. The Bertz CT molecular complexity index is 361. The predicted molar refractivity (Wildman–Crippen MR) is 41.2 cm³/mol. The van der Waals surface area contributed by atoms with Crippen molar-refractivity contribution in [1.29, 1.82) is 0 Å². The molecule has 1 heterocycles. The molecule has 1 aromatic rings. The number of hydrogen-bond acceptors (Lipinski definition) is 3. The van der Waals surface area contributed by atoms with Crippen molar-refractivity contribution >= 4 is 21.4 Å². The molecule has 0 saturated carbocycles. The molecule has 0 aliphatic rings. The van der Waals surface area contributed by atoms with Gasteiger partial charge in [0.2, 0.25) is 0 Å². The molecular formula is C6H5ClNO2S. The summed E-state index contributed by atoms with van der Waals surface area (Å²) in [6.45, 7) is 0. The molecule has 59 valence electrons. The first kappa shape index (κ1) is 8.49. The van der Waals surface area contributed by atoms with E-state index in [0.29, 0.717) is 0 Å². The van der Waals surface area contributed by atoms with E-state index in [1.165, 1.54) is 12.3 Å². The van der Waals surface area contributed by atoms with Gasteiger partial charge in [-0.1, -0.05) is 11.6 Å². The van der Waals surface area contributed by atoms with Crippen LogP contribution in [0, 0.1) is 6.07 Å². The minimum absolute atomic E-state index is 0.0671. The van der Waals surface area contributed by atoms with Gasteiger partial charge in [0.1, 0.15) is 5.15 Å². The Hall–Kier alpha value is -0.610.